The molecule has 0 spiro atoms. The minimum atomic E-state index is -0.208. The van der Waals surface area contributed by atoms with Crippen LogP contribution in [0.2, 0.25) is 0 Å². The predicted octanol–water partition coefficient (Wildman–Crippen LogP) is 1.97. The number of rotatable bonds is 9. The Hall–Kier alpha value is -1.13. The summed E-state index contributed by atoms with van der Waals surface area (Å²) in [6, 6.07) is 4.65. The van der Waals surface area contributed by atoms with Gasteiger partial charge in [-0.3, -0.25) is 0 Å². The third-order valence-electron chi connectivity index (χ3n) is 2.84. The van der Waals surface area contributed by atoms with Crippen LogP contribution in [0, 0.1) is 5.82 Å². The lowest BCUT2D eigenvalue weighted by molar-refractivity contribution is 0.407. The minimum Gasteiger partial charge on any atom is -0.496 e. The summed E-state index contributed by atoms with van der Waals surface area (Å²) in [5.74, 6) is 0.549. The van der Waals surface area contributed by atoms with E-state index in [1.807, 2.05) is 7.05 Å². The fourth-order valence-corrected chi connectivity index (χ4v) is 1.84. The van der Waals surface area contributed by atoms with Gasteiger partial charge in [0.1, 0.15) is 11.6 Å². The first-order valence-electron chi connectivity index (χ1n) is 6.45. The third kappa shape index (κ3) is 5.47. The Morgan fingerprint density at radius 3 is 2.67 bits per heavy atom. The lowest BCUT2D eigenvalue weighted by atomic mass is 10.1. The SMILES string of the molecule is CNCCCCNCCc1cc(F)ccc1OC. The van der Waals surface area contributed by atoms with Crippen LogP contribution in [0.5, 0.6) is 5.75 Å². The summed E-state index contributed by atoms with van der Waals surface area (Å²) in [7, 11) is 3.57. The van der Waals surface area contributed by atoms with Gasteiger partial charge in [-0.15, -0.1) is 0 Å². The molecule has 102 valence electrons. The molecule has 18 heavy (non-hydrogen) atoms. The van der Waals surface area contributed by atoms with Crippen LogP contribution < -0.4 is 15.4 Å². The monoisotopic (exact) mass is 254 g/mol. The van der Waals surface area contributed by atoms with Crippen molar-refractivity contribution in [3.63, 3.8) is 0 Å². The number of benzene rings is 1. The lowest BCUT2D eigenvalue weighted by Gasteiger charge is -2.09. The van der Waals surface area contributed by atoms with Gasteiger partial charge >= 0.3 is 0 Å². The molecule has 0 fully saturated rings. The molecule has 0 amide bonds. The van der Waals surface area contributed by atoms with E-state index < -0.39 is 0 Å². The van der Waals surface area contributed by atoms with Gasteiger partial charge in [-0.05, 0) is 69.7 Å². The molecule has 0 heterocycles. The number of methoxy groups -OCH3 is 1. The van der Waals surface area contributed by atoms with E-state index in [1.165, 1.54) is 12.5 Å². The molecule has 0 unspecified atom stereocenters. The molecule has 0 aliphatic carbocycles. The van der Waals surface area contributed by atoms with Crippen LogP contribution in [0.25, 0.3) is 0 Å². The molecular weight excluding hydrogens is 231 g/mol. The zero-order valence-electron chi connectivity index (χ0n) is 11.3. The maximum Gasteiger partial charge on any atom is 0.123 e. The van der Waals surface area contributed by atoms with Gasteiger partial charge in [-0.25, -0.2) is 4.39 Å². The molecule has 1 aromatic rings. The topological polar surface area (TPSA) is 33.3 Å². The molecule has 0 saturated heterocycles. The van der Waals surface area contributed by atoms with Crippen molar-refractivity contribution in [2.75, 3.05) is 33.8 Å². The second kappa shape index (κ2) is 8.89. The van der Waals surface area contributed by atoms with E-state index in [1.54, 1.807) is 19.2 Å². The van der Waals surface area contributed by atoms with Crippen LogP contribution in [0.3, 0.4) is 0 Å². The minimum absolute atomic E-state index is 0.208. The highest BCUT2D eigenvalue weighted by Gasteiger charge is 2.03. The van der Waals surface area contributed by atoms with E-state index in [4.69, 9.17) is 4.74 Å². The number of unbranched alkanes of at least 4 members (excludes halogenated alkanes) is 1. The van der Waals surface area contributed by atoms with Crippen molar-refractivity contribution >= 4 is 0 Å². The first kappa shape index (κ1) is 14.9. The van der Waals surface area contributed by atoms with Crippen LogP contribution in [0.15, 0.2) is 18.2 Å². The van der Waals surface area contributed by atoms with Gasteiger partial charge in [0.15, 0.2) is 0 Å². The largest absolute Gasteiger partial charge is 0.496 e. The van der Waals surface area contributed by atoms with Crippen molar-refractivity contribution in [2.45, 2.75) is 19.3 Å². The normalized spacial score (nSPS) is 10.6. The number of ether oxygens (including phenoxy) is 1. The van der Waals surface area contributed by atoms with Crippen molar-refractivity contribution in [2.24, 2.45) is 0 Å². The van der Waals surface area contributed by atoms with Crippen LogP contribution in [-0.4, -0.2) is 33.8 Å². The maximum atomic E-state index is 13.1. The molecule has 0 aliphatic rings. The van der Waals surface area contributed by atoms with E-state index >= 15 is 0 Å². The van der Waals surface area contributed by atoms with Crippen molar-refractivity contribution in [3.05, 3.63) is 29.6 Å². The second-order valence-electron chi connectivity index (χ2n) is 4.27. The quantitative estimate of drug-likeness (QED) is 0.661. The van der Waals surface area contributed by atoms with Crippen molar-refractivity contribution in [1.29, 1.82) is 0 Å². The molecule has 0 bridgehead atoms. The Kier molecular flexibility index (Phi) is 7.37. The summed E-state index contributed by atoms with van der Waals surface area (Å²) < 4.78 is 18.3. The molecule has 0 saturated carbocycles. The van der Waals surface area contributed by atoms with Gasteiger partial charge in [0.25, 0.3) is 0 Å². The summed E-state index contributed by atoms with van der Waals surface area (Å²) >= 11 is 0. The molecule has 2 N–H and O–H groups in total. The second-order valence-corrected chi connectivity index (χ2v) is 4.27. The Bertz CT molecular complexity index is 345. The van der Waals surface area contributed by atoms with Crippen LogP contribution >= 0.6 is 0 Å². The fourth-order valence-electron chi connectivity index (χ4n) is 1.84. The fraction of sp³-hybridized carbons (Fsp3) is 0.571. The smallest absolute Gasteiger partial charge is 0.123 e. The number of halogens is 1. The lowest BCUT2D eigenvalue weighted by Crippen LogP contribution is -2.20. The van der Waals surface area contributed by atoms with Crippen molar-refractivity contribution < 1.29 is 9.13 Å². The molecule has 0 atom stereocenters. The number of nitrogens with one attached hydrogen (secondary N) is 2. The van der Waals surface area contributed by atoms with E-state index in [0.717, 1.165) is 43.8 Å². The van der Waals surface area contributed by atoms with Gasteiger partial charge < -0.3 is 15.4 Å². The van der Waals surface area contributed by atoms with Crippen LogP contribution in [-0.2, 0) is 6.42 Å². The van der Waals surface area contributed by atoms with Gasteiger partial charge in [0.2, 0.25) is 0 Å². The first-order chi connectivity index (χ1) is 8.77. The van der Waals surface area contributed by atoms with E-state index in [0.29, 0.717) is 0 Å². The zero-order chi connectivity index (χ0) is 13.2. The highest BCUT2D eigenvalue weighted by molar-refractivity contribution is 5.34. The third-order valence-corrected chi connectivity index (χ3v) is 2.84. The molecule has 0 aromatic heterocycles. The highest BCUT2D eigenvalue weighted by atomic mass is 19.1. The first-order valence-corrected chi connectivity index (χ1v) is 6.45. The number of hydrogen-bond donors (Lipinski definition) is 2. The Morgan fingerprint density at radius 2 is 1.94 bits per heavy atom. The summed E-state index contributed by atoms with van der Waals surface area (Å²) in [5.41, 5.74) is 0.917. The Labute approximate surface area is 109 Å². The zero-order valence-corrected chi connectivity index (χ0v) is 11.3. The summed E-state index contributed by atoms with van der Waals surface area (Å²) in [4.78, 5) is 0. The van der Waals surface area contributed by atoms with Gasteiger partial charge in [-0.1, -0.05) is 0 Å². The molecule has 0 radical (unpaired) electrons. The van der Waals surface area contributed by atoms with E-state index in [-0.39, 0.29) is 5.82 Å². The average molecular weight is 254 g/mol. The molecule has 4 heteroatoms. The summed E-state index contributed by atoms with van der Waals surface area (Å²) in [6.45, 7) is 2.90. The standard InChI is InChI=1S/C14H23FN2O/c1-16-8-3-4-9-17-10-7-12-11-13(15)5-6-14(12)18-2/h5-6,11,16-17H,3-4,7-10H2,1-2H3. The average Bonchev–Trinajstić information content (AvgIpc) is 2.38. The molecule has 1 rings (SSSR count). The van der Waals surface area contributed by atoms with Crippen molar-refractivity contribution in [1.82, 2.24) is 10.6 Å². The van der Waals surface area contributed by atoms with Gasteiger partial charge in [0, 0.05) is 0 Å². The predicted molar refractivity (Wildman–Crippen MR) is 72.7 cm³/mol. The van der Waals surface area contributed by atoms with E-state index in [2.05, 4.69) is 10.6 Å². The maximum absolute atomic E-state index is 13.1. The number of hydrogen-bond acceptors (Lipinski definition) is 3. The summed E-state index contributed by atoms with van der Waals surface area (Å²) in [5, 5.41) is 6.48. The van der Waals surface area contributed by atoms with Crippen molar-refractivity contribution in [3.8, 4) is 5.75 Å². The van der Waals surface area contributed by atoms with E-state index in [9.17, 15) is 4.39 Å². The molecular formula is C14H23FN2O. The van der Waals surface area contributed by atoms with Gasteiger partial charge in [-0.2, -0.15) is 0 Å². The summed E-state index contributed by atoms with van der Waals surface area (Å²) in [6.07, 6.45) is 3.11. The van der Waals surface area contributed by atoms with Crippen LogP contribution in [0.1, 0.15) is 18.4 Å². The molecule has 3 nitrogen and oxygen atoms in total. The Balaban J connectivity index is 2.24. The highest BCUT2D eigenvalue weighted by Crippen LogP contribution is 2.19. The van der Waals surface area contributed by atoms with Crippen LogP contribution in [0.4, 0.5) is 4.39 Å². The Morgan fingerprint density at radius 1 is 1.17 bits per heavy atom. The molecule has 0 aliphatic heterocycles. The molecule has 1 aromatic carbocycles. The van der Waals surface area contributed by atoms with Gasteiger partial charge in [0.05, 0.1) is 7.11 Å².